The van der Waals surface area contributed by atoms with Crippen molar-refractivity contribution in [3.05, 3.63) is 59.7 Å². The molecule has 1 amide bonds. The van der Waals surface area contributed by atoms with Crippen molar-refractivity contribution in [2.45, 2.75) is 19.8 Å². The van der Waals surface area contributed by atoms with Crippen LogP contribution >= 0.6 is 11.3 Å². The van der Waals surface area contributed by atoms with Gasteiger partial charge < -0.3 is 14.8 Å². The fraction of sp³-hybridized carbons (Fsp3) is 0.238. The molecule has 0 spiro atoms. The first kappa shape index (κ1) is 19.8. The van der Waals surface area contributed by atoms with Gasteiger partial charge >= 0.3 is 0 Å². The maximum Gasteiger partial charge on any atom is 0.226 e. The topological polar surface area (TPSA) is 60.5 Å². The minimum absolute atomic E-state index is 0.156. The number of thiazole rings is 1. The highest BCUT2D eigenvalue weighted by molar-refractivity contribution is 7.14. The molecule has 7 heteroatoms. The molecule has 1 heterocycles. The minimum Gasteiger partial charge on any atom is -0.493 e. The van der Waals surface area contributed by atoms with Gasteiger partial charge in [-0.05, 0) is 37.6 Å². The number of nitrogens with zero attached hydrogens (tertiary/aromatic N) is 1. The largest absolute Gasteiger partial charge is 0.493 e. The number of hydrogen-bond acceptors (Lipinski definition) is 5. The summed E-state index contributed by atoms with van der Waals surface area (Å²) >= 11 is 1.36. The third kappa shape index (κ3) is 5.29. The van der Waals surface area contributed by atoms with Crippen LogP contribution in [0.1, 0.15) is 19.8 Å². The molecular formula is C21H21FN2O3S. The van der Waals surface area contributed by atoms with Crippen molar-refractivity contribution in [1.82, 2.24) is 4.98 Å². The Kier molecular flexibility index (Phi) is 6.97. The van der Waals surface area contributed by atoms with Crippen molar-refractivity contribution in [2.24, 2.45) is 0 Å². The molecule has 1 N–H and O–H groups in total. The van der Waals surface area contributed by atoms with Crippen molar-refractivity contribution in [3.8, 4) is 22.8 Å². The molecule has 0 bridgehead atoms. The first-order valence-electron chi connectivity index (χ1n) is 9.02. The highest BCUT2D eigenvalue weighted by atomic mass is 32.1. The zero-order valence-electron chi connectivity index (χ0n) is 15.5. The molecule has 5 nitrogen and oxygen atoms in total. The van der Waals surface area contributed by atoms with Crippen LogP contribution in [0.4, 0.5) is 9.52 Å². The van der Waals surface area contributed by atoms with Crippen LogP contribution in [0.3, 0.4) is 0 Å². The molecule has 146 valence electrons. The van der Waals surface area contributed by atoms with Gasteiger partial charge in [0.1, 0.15) is 5.75 Å². The molecule has 3 rings (SSSR count). The lowest BCUT2D eigenvalue weighted by Gasteiger charge is -2.07. The highest BCUT2D eigenvalue weighted by Crippen LogP contribution is 2.32. The quantitative estimate of drug-likeness (QED) is 0.505. The first-order chi connectivity index (χ1) is 13.7. The van der Waals surface area contributed by atoms with Gasteiger partial charge in [0.25, 0.3) is 0 Å². The van der Waals surface area contributed by atoms with Gasteiger partial charge in [0.05, 0.1) is 18.9 Å². The van der Waals surface area contributed by atoms with Crippen molar-refractivity contribution < 1.29 is 18.7 Å². The molecule has 0 aliphatic heterocycles. The van der Waals surface area contributed by atoms with Crippen LogP contribution in [0.5, 0.6) is 11.5 Å². The Morgan fingerprint density at radius 1 is 1.11 bits per heavy atom. The van der Waals surface area contributed by atoms with Crippen LogP contribution < -0.4 is 14.8 Å². The number of halogens is 1. The van der Waals surface area contributed by atoms with E-state index in [2.05, 4.69) is 10.3 Å². The highest BCUT2D eigenvalue weighted by Gasteiger charge is 2.11. The van der Waals surface area contributed by atoms with Crippen LogP contribution in [0.2, 0.25) is 0 Å². The van der Waals surface area contributed by atoms with Gasteiger partial charge in [-0.25, -0.2) is 9.37 Å². The van der Waals surface area contributed by atoms with Crippen molar-refractivity contribution >= 4 is 22.4 Å². The number of anilines is 1. The molecule has 3 aromatic rings. The number of carbonyl (C=O) groups is 1. The van der Waals surface area contributed by atoms with Gasteiger partial charge in [-0.15, -0.1) is 11.3 Å². The summed E-state index contributed by atoms with van der Waals surface area (Å²) in [5, 5.41) is 5.20. The lowest BCUT2D eigenvalue weighted by Crippen LogP contribution is -2.12. The SMILES string of the molecule is CCOc1ccccc1-c1csc(NC(=O)CCCOc2ccccc2F)n1. The summed E-state index contributed by atoms with van der Waals surface area (Å²) in [7, 11) is 0. The number of rotatable bonds is 9. The smallest absolute Gasteiger partial charge is 0.226 e. The normalized spacial score (nSPS) is 10.5. The van der Waals surface area contributed by atoms with Crippen molar-refractivity contribution in [2.75, 3.05) is 18.5 Å². The maximum atomic E-state index is 13.5. The van der Waals surface area contributed by atoms with E-state index in [9.17, 15) is 9.18 Å². The summed E-state index contributed by atoms with van der Waals surface area (Å²) in [4.78, 5) is 16.6. The zero-order chi connectivity index (χ0) is 19.8. The summed E-state index contributed by atoms with van der Waals surface area (Å²) in [6.07, 6.45) is 0.741. The number of hydrogen-bond donors (Lipinski definition) is 1. The van der Waals surface area contributed by atoms with Gasteiger partial charge in [0.15, 0.2) is 16.7 Å². The van der Waals surface area contributed by atoms with Crippen LogP contribution in [-0.4, -0.2) is 24.1 Å². The molecule has 0 aliphatic carbocycles. The second kappa shape index (κ2) is 9.85. The predicted molar refractivity (Wildman–Crippen MR) is 108 cm³/mol. The van der Waals surface area contributed by atoms with E-state index in [0.29, 0.717) is 18.2 Å². The molecule has 1 aromatic heterocycles. The van der Waals surface area contributed by atoms with Crippen LogP contribution in [0.25, 0.3) is 11.3 Å². The summed E-state index contributed by atoms with van der Waals surface area (Å²) in [5.74, 6) is 0.393. The van der Waals surface area contributed by atoms with E-state index < -0.39 is 5.82 Å². The van der Waals surface area contributed by atoms with E-state index in [0.717, 1.165) is 17.0 Å². The molecule has 0 radical (unpaired) electrons. The fourth-order valence-electron chi connectivity index (χ4n) is 2.57. The summed E-state index contributed by atoms with van der Waals surface area (Å²) in [6.45, 7) is 2.76. The molecule has 0 saturated carbocycles. The standard InChI is InChI=1S/C21H21FN2O3S/c1-2-26-18-10-5-3-8-15(18)17-14-28-21(23-17)24-20(25)12-7-13-27-19-11-6-4-9-16(19)22/h3-6,8-11,14H,2,7,12-13H2,1H3,(H,23,24,25). The molecule has 0 unspecified atom stereocenters. The Morgan fingerprint density at radius 3 is 2.64 bits per heavy atom. The zero-order valence-corrected chi connectivity index (χ0v) is 16.3. The fourth-order valence-corrected chi connectivity index (χ4v) is 3.30. The Hall–Kier alpha value is -2.93. The third-order valence-corrected chi connectivity index (χ3v) is 4.61. The predicted octanol–water partition coefficient (Wildman–Crippen LogP) is 5.15. The number of para-hydroxylation sites is 2. The average Bonchev–Trinajstić information content (AvgIpc) is 3.15. The van der Waals surface area contributed by atoms with Crippen molar-refractivity contribution in [3.63, 3.8) is 0 Å². The van der Waals surface area contributed by atoms with Gasteiger partial charge in [-0.3, -0.25) is 4.79 Å². The third-order valence-electron chi connectivity index (χ3n) is 3.86. The van der Waals surface area contributed by atoms with Gasteiger partial charge in [0.2, 0.25) is 5.91 Å². The van der Waals surface area contributed by atoms with E-state index in [1.165, 1.54) is 17.4 Å². The number of aromatic nitrogens is 1. The summed E-state index contributed by atoms with van der Waals surface area (Å²) in [5.41, 5.74) is 1.65. The number of amides is 1. The number of benzene rings is 2. The minimum atomic E-state index is -0.408. The summed E-state index contributed by atoms with van der Waals surface area (Å²) in [6, 6.07) is 13.9. The molecule has 28 heavy (non-hydrogen) atoms. The van der Waals surface area contributed by atoms with E-state index in [1.807, 2.05) is 36.6 Å². The van der Waals surface area contributed by atoms with Gasteiger partial charge in [-0.2, -0.15) is 0 Å². The second-order valence-corrected chi connectivity index (χ2v) is 6.76. The average molecular weight is 400 g/mol. The Bertz CT molecular complexity index is 929. The van der Waals surface area contributed by atoms with Crippen molar-refractivity contribution in [1.29, 1.82) is 0 Å². The number of carbonyl (C=O) groups excluding carboxylic acids is 1. The number of nitrogens with one attached hydrogen (secondary N) is 1. The molecular weight excluding hydrogens is 379 g/mol. The van der Waals surface area contributed by atoms with Crippen LogP contribution in [-0.2, 0) is 4.79 Å². The second-order valence-electron chi connectivity index (χ2n) is 5.90. The van der Waals surface area contributed by atoms with Crippen LogP contribution in [0.15, 0.2) is 53.9 Å². The van der Waals surface area contributed by atoms with Gasteiger partial charge in [-0.1, -0.05) is 24.3 Å². The lowest BCUT2D eigenvalue weighted by atomic mass is 10.1. The maximum absolute atomic E-state index is 13.5. The Balaban J connectivity index is 1.50. The van der Waals surface area contributed by atoms with Gasteiger partial charge in [0, 0.05) is 17.4 Å². The molecule has 0 fully saturated rings. The van der Waals surface area contributed by atoms with E-state index in [4.69, 9.17) is 9.47 Å². The molecule has 0 saturated heterocycles. The van der Waals surface area contributed by atoms with Crippen LogP contribution in [0, 0.1) is 5.82 Å². The Morgan fingerprint density at radius 2 is 1.86 bits per heavy atom. The monoisotopic (exact) mass is 400 g/mol. The van der Waals surface area contributed by atoms with E-state index in [-0.39, 0.29) is 24.7 Å². The molecule has 0 aliphatic rings. The molecule has 0 atom stereocenters. The Labute approximate surface area is 167 Å². The molecule has 2 aromatic carbocycles. The van der Waals surface area contributed by atoms with E-state index >= 15 is 0 Å². The summed E-state index contributed by atoms with van der Waals surface area (Å²) < 4.78 is 24.4. The lowest BCUT2D eigenvalue weighted by molar-refractivity contribution is -0.116. The number of ether oxygens (including phenoxy) is 2. The van der Waals surface area contributed by atoms with E-state index in [1.54, 1.807) is 18.2 Å². The first-order valence-corrected chi connectivity index (χ1v) is 9.90.